The van der Waals surface area contributed by atoms with E-state index < -0.39 is 0 Å². The van der Waals surface area contributed by atoms with Crippen molar-refractivity contribution in [1.82, 2.24) is 0 Å². The topological polar surface area (TPSA) is 0 Å². The maximum absolute atomic E-state index is 2.37. The third-order valence-electron chi connectivity index (χ3n) is 5.90. The van der Waals surface area contributed by atoms with E-state index in [1.54, 1.807) is 0 Å². The van der Waals surface area contributed by atoms with Crippen LogP contribution in [0, 0.1) is 0 Å². The van der Waals surface area contributed by atoms with Gasteiger partial charge in [-0.3, -0.25) is 0 Å². The summed E-state index contributed by atoms with van der Waals surface area (Å²) in [4.78, 5) is 0. The first-order valence-electron chi connectivity index (χ1n) is 10.5. The first-order chi connectivity index (χ1) is 14.9. The molecule has 4 aromatic rings. The molecule has 5 rings (SSSR count). The smallest absolute Gasteiger partial charge is 0.0202 e. The van der Waals surface area contributed by atoms with Crippen molar-refractivity contribution >= 4 is 12.2 Å². The average Bonchev–Trinajstić information content (AvgIpc) is 2.82. The Morgan fingerprint density at radius 3 is 1.00 bits per heavy atom. The summed E-state index contributed by atoms with van der Waals surface area (Å²) in [5.74, 6) is 0.701. The van der Waals surface area contributed by atoms with Gasteiger partial charge in [-0.25, -0.2) is 0 Å². The Morgan fingerprint density at radius 1 is 0.367 bits per heavy atom. The van der Waals surface area contributed by atoms with Gasteiger partial charge in [0.2, 0.25) is 0 Å². The van der Waals surface area contributed by atoms with Crippen molar-refractivity contribution in [2.24, 2.45) is 0 Å². The first-order valence-corrected chi connectivity index (χ1v) is 10.5. The van der Waals surface area contributed by atoms with Crippen molar-refractivity contribution in [1.29, 1.82) is 0 Å². The summed E-state index contributed by atoms with van der Waals surface area (Å²) in [7, 11) is 0. The summed E-state index contributed by atoms with van der Waals surface area (Å²) < 4.78 is 0. The molecule has 0 radical (unpaired) electrons. The van der Waals surface area contributed by atoms with Crippen LogP contribution < -0.4 is 0 Å². The molecule has 0 amide bonds. The molecule has 0 heterocycles. The molecule has 0 unspecified atom stereocenters. The summed E-state index contributed by atoms with van der Waals surface area (Å²) in [6.07, 6.45) is 4.73. The van der Waals surface area contributed by atoms with Crippen LogP contribution in [0.5, 0.6) is 0 Å². The molecular weight excluding hydrogens is 360 g/mol. The standard InChI is InChI=1S/C30H24/c1-5-13-23(14-6-1)21-27-28(22-24-15-7-2-8-16-24)30(26-19-11-4-12-20-26)29(27)25-17-9-3-10-18-25/h1-22,29-30H/b27-21-,28-22+/t29-,30+/m0/s1. The van der Waals surface area contributed by atoms with Crippen LogP contribution >= 0.6 is 0 Å². The summed E-state index contributed by atoms with van der Waals surface area (Å²) in [6.45, 7) is 0. The fourth-order valence-corrected chi connectivity index (χ4v) is 4.49. The molecule has 0 nitrogen and oxygen atoms in total. The van der Waals surface area contributed by atoms with Crippen LogP contribution in [0.15, 0.2) is 132 Å². The predicted octanol–water partition coefficient (Wildman–Crippen LogP) is 7.73. The number of hydrogen-bond acceptors (Lipinski definition) is 0. The number of hydrogen-bond donors (Lipinski definition) is 0. The van der Waals surface area contributed by atoms with Crippen LogP contribution in [0.4, 0.5) is 0 Å². The summed E-state index contributed by atoms with van der Waals surface area (Å²) in [5.41, 5.74) is 8.06. The van der Waals surface area contributed by atoms with E-state index in [4.69, 9.17) is 0 Å². The molecule has 0 bridgehead atoms. The molecule has 1 aliphatic rings. The second-order valence-electron chi connectivity index (χ2n) is 7.80. The van der Waals surface area contributed by atoms with E-state index in [0.29, 0.717) is 11.8 Å². The van der Waals surface area contributed by atoms with Gasteiger partial charge in [-0.05, 0) is 33.4 Å². The van der Waals surface area contributed by atoms with Crippen molar-refractivity contribution < 1.29 is 0 Å². The summed E-state index contributed by atoms with van der Waals surface area (Å²) in [5, 5.41) is 0. The van der Waals surface area contributed by atoms with Gasteiger partial charge in [-0.2, -0.15) is 0 Å². The van der Waals surface area contributed by atoms with Crippen LogP contribution in [0.2, 0.25) is 0 Å². The minimum atomic E-state index is 0.351. The molecule has 4 aromatic carbocycles. The van der Waals surface area contributed by atoms with Crippen LogP contribution in [0.3, 0.4) is 0 Å². The highest BCUT2D eigenvalue weighted by Crippen LogP contribution is 2.58. The number of rotatable bonds is 4. The van der Waals surface area contributed by atoms with Crippen molar-refractivity contribution in [3.8, 4) is 0 Å². The monoisotopic (exact) mass is 384 g/mol. The van der Waals surface area contributed by atoms with Crippen LogP contribution in [-0.2, 0) is 0 Å². The lowest BCUT2D eigenvalue weighted by Crippen LogP contribution is -2.28. The minimum Gasteiger partial charge on any atom is -0.0622 e. The van der Waals surface area contributed by atoms with Gasteiger partial charge >= 0.3 is 0 Å². The van der Waals surface area contributed by atoms with Crippen molar-refractivity contribution in [3.63, 3.8) is 0 Å². The van der Waals surface area contributed by atoms with Gasteiger partial charge < -0.3 is 0 Å². The van der Waals surface area contributed by atoms with Crippen molar-refractivity contribution in [2.75, 3.05) is 0 Å². The Hall–Kier alpha value is -3.64. The highest BCUT2D eigenvalue weighted by atomic mass is 14.4. The predicted molar refractivity (Wildman–Crippen MR) is 127 cm³/mol. The molecule has 0 aromatic heterocycles. The van der Waals surface area contributed by atoms with Crippen LogP contribution in [0.1, 0.15) is 34.1 Å². The van der Waals surface area contributed by atoms with Gasteiger partial charge in [0.15, 0.2) is 0 Å². The van der Waals surface area contributed by atoms with Gasteiger partial charge in [0.1, 0.15) is 0 Å². The molecule has 2 atom stereocenters. The second kappa shape index (κ2) is 8.39. The van der Waals surface area contributed by atoms with E-state index in [-0.39, 0.29) is 0 Å². The Labute approximate surface area is 178 Å². The molecular formula is C30H24. The molecule has 0 aliphatic heterocycles. The number of allylic oxidation sites excluding steroid dienone is 2. The van der Waals surface area contributed by atoms with E-state index in [1.807, 2.05) is 0 Å². The van der Waals surface area contributed by atoms with Gasteiger partial charge in [-0.15, -0.1) is 0 Å². The molecule has 1 saturated carbocycles. The largest absolute Gasteiger partial charge is 0.0622 e. The molecule has 1 aliphatic carbocycles. The third kappa shape index (κ3) is 3.65. The molecule has 0 spiro atoms. The van der Waals surface area contributed by atoms with Crippen LogP contribution in [0.25, 0.3) is 12.2 Å². The third-order valence-corrected chi connectivity index (χ3v) is 5.90. The fourth-order valence-electron chi connectivity index (χ4n) is 4.49. The Kier molecular flexibility index (Phi) is 5.14. The normalized spacial score (nSPS) is 20.8. The van der Waals surface area contributed by atoms with E-state index in [0.717, 1.165) is 0 Å². The Bertz CT molecular complexity index is 1060. The quantitative estimate of drug-likeness (QED) is 0.338. The zero-order valence-corrected chi connectivity index (χ0v) is 16.9. The maximum Gasteiger partial charge on any atom is 0.0202 e. The summed E-state index contributed by atoms with van der Waals surface area (Å²) >= 11 is 0. The lowest BCUT2D eigenvalue weighted by molar-refractivity contribution is 0.596. The SMILES string of the molecule is C(=C1/C(=C/c2ccccc2)[C@H](c2ccccc2)[C@@H]1c1ccccc1)/c1ccccc1. The van der Waals surface area contributed by atoms with E-state index in [1.165, 1.54) is 33.4 Å². The maximum atomic E-state index is 2.37. The van der Waals surface area contributed by atoms with E-state index >= 15 is 0 Å². The van der Waals surface area contributed by atoms with E-state index in [2.05, 4.69) is 133 Å². The Balaban J connectivity index is 1.68. The molecule has 0 N–H and O–H groups in total. The highest BCUT2D eigenvalue weighted by molar-refractivity contribution is 5.77. The average molecular weight is 385 g/mol. The highest BCUT2D eigenvalue weighted by Gasteiger charge is 2.42. The Morgan fingerprint density at radius 2 is 0.667 bits per heavy atom. The molecule has 30 heavy (non-hydrogen) atoms. The molecule has 1 fully saturated rings. The molecule has 0 saturated heterocycles. The lowest BCUT2D eigenvalue weighted by atomic mass is 9.59. The minimum absolute atomic E-state index is 0.351. The van der Waals surface area contributed by atoms with Crippen molar-refractivity contribution in [3.05, 3.63) is 155 Å². The van der Waals surface area contributed by atoms with Gasteiger partial charge in [-0.1, -0.05) is 133 Å². The number of benzene rings is 4. The van der Waals surface area contributed by atoms with Gasteiger partial charge in [0.05, 0.1) is 0 Å². The fraction of sp³-hybridized carbons (Fsp3) is 0.0667. The zero-order valence-electron chi connectivity index (χ0n) is 16.9. The van der Waals surface area contributed by atoms with Crippen LogP contribution in [-0.4, -0.2) is 0 Å². The van der Waals surface area contributed by atoms with Gasteiger partial charge in [0.25, 0.3) is 0 Å². The second-order valence-corrected chi connectivity index (χ2v) is 7.80. The molecule has 144 valence electrons. The summed E-state index contributed by atoms with van der Waals surface area (Å²) in [6, 6.07) is 43.2. The van der Waals surface area contributed by atoms with Gasteiger partial charge in [0, 0.05) is 11.8 Å². The van der Waals surface area contributed by atoms with Crippen molar-refractivity contribution in [2.45, 2.75) is 11.8 Å². The molecule has 0 heteroatoms. The zero-order chi connectivity index (χ0) is 20.2. The first kappa shape index (κ1) is 18.4. The lowest BCUT2D eigenvalue weighted by Gasteiger charge is -2.44. The van der Waals surface area contributed by atoms with E-state index in [9.17, 15) is 0 Å².